The molecule has 0 aromatic heterocycles. The van der Waals surface area contributed by atoms with Crippen LogP contribution in [0.5, 0.6) is 0 Å². The van der Waals surface area contributed by atoms with Gasteiger partial charge in [0.1, 0.15) is 6.10 Å². The molecule has 4 heteroatoms. The zero-order valence-electron chi connectivity index (χ0n) is 13.4. The molecule has 1 amide bonds. The fourth-order valence-electron chi connectivity index (χ4n) is 2.67. The monoisotopic (exact) mass is 303 g/mol. The third-order valence-corrected chi connectivity index (χ3v) is 3.82. The number of carbonyl (C=O) groups excluding carboxylic acids is 2. The Hall–Kier alpha value is -1.84. The van der Waals surface area contributed by atoms with Crippen LogP contribution in [-0.4, -0.2) is 18.0 Å². The van der Waals surface area contributed by atoms with Crippen molar-refractivity contribution in [2.75, 3.05) is 5.32 Å². The lowest BCUT2D eigenvalue weighted by Gasteiger charge is -2.21. The van der Waals surface area contributed by atoms with Crippen LogP contribution in [0.2, 0.25) is 0 Å². The summed E-state index contributed by atoms with van der Waals surface area (Å²) in [5.41, 5.74) is 1.24. The first kappa shape index (κ1) is 16.5. The topological polar surface area (TPSA) is 55.4 Å². The Kier molecular flexibility index (Phi) is 5.99. The molecule has 0 saturated heterocycles. The van der Waals surface area contributed by atoms with Gasteiger partial charge in [0.25, 0.3) is 0 Å². The summed E-state index contributed by atoms with van der Waals surface area (Å²) in [4.78, 5) is 23.8. The second-order valence-corrected chi connectivity index (χ2v) is 6.39. The summed E-state index contributed by atoms with van der Waals surface area (Å²) < 4.78 is 5.52. The Balaban J connectivity index is 1.87. The summed E-state index contributed by atoms with van der Waals surface area (Å²) in [5, 5.41) is 2.83. The number of ether oxygens (including phenoxy) is 1. The second-order valence-electron chi connectivity index (χ2n) is 6.39. The molecule has 1 N–H and O–H groups in total. The Bertz CT molecular complexity index is 502. The van der Waals surface area contributed by atoms with Crippen molar-refractivity contribution >= 4 is 17.6 Å². The molecule has 1 aromatic carbocycles. The van der Waals surface area contributed by atoms with Crippen molar-refractivity contribution in [2.45, 2.75) is 58.5 Å². The first-order chi connectivity index (χ1) is 10.5. The minimum atomic E-state index is -0.271. The summed E-state index contributed by atoms with van der Waals surface area (Å²) in [7, 11) is 0. The molecule has 0 bridgehead atoms. The third-order valence-electron chi connectivity index (χ3n) is 3.82. The maximum Gasteiger partial charge on any atom is 0.338 e. The zero-order chi connectivity index (χ0) is 15.9. The average Bonchev–Trinajstić information content (AvgIpc) is 2.48. The zero-order valence-corrected chi connectivity index (χ0v) is 13.4. The molecule has 0 atom stereocenters. The molecule has 0 aliphatic heterocycles. The molecule has 1 aromatic rings. The van der Waals surface area contributed by atoms with Gasteiger partial charge < -0.3 is 10.1 Å². The molecule has 0 unspecified atom stereocenters. The number of benzene rings is 1. The minimum Gasteiger partial charge on any atom is -0.459 e. The summed E-state index contributed by atoms with van der Waals surface area (Å²) in [6.07, 6.45) is 6.00. The van der Waals surface area contributed by atoms with Crippen molar-refractivity contribution in [2.24, 2.45) is 5.92 Å². The van der Waals surface area contributed by atoms with Gasteiger partial charge in [-0.15, -0.1) is 0 Å². The maximum absolute atomic E-state index is 12.1. The molecule has 0 radical (unpaired) electrons. The highest BCUT2D eigenvalue weighted by atomic mass is 16.5. The van der Waals surface area contributed by atoms with Crippen LogP contribution in [0.15, 0.2) is 24.3 Å². The van der Waals surface area contributed by atoms with E-state index in [1.807, 2.05) is 13.8 Å². The van der Waals surface area contributed by atoms with E-state index in [4.69, 9.17) is 4.74 Å². The van der Waals surface area contributed by atoms with E-state index in [1.165, 1.54) is 6.42 Å². The largest absolute Gasteiger partial charge is 0.459 e. The van der Waals surface area contributed by atoms with Crippen molar-refractivity contribution < 1.29 is 14.3 Å². The van der Waals surface area contributed by atoms with Gasteiger partial charge in [-0.3, -0.25) is 4.79 Å². The Morgan fingerprint density at radius 1 is 1.14 bits per heavy atom. The first-order valence-electron chi connectivity index (χ1n) is 8.15. The highest BCUT2D eigenvalue weighted by molar-refractivity contribution is 5.93. The molecular weight excluding hydrogens is 278 g/mol. The van der Waals surface area contributed by atoms with E-state index in [0.717, 1.165) is 25.7 Å². The van der Waals surface area contributed by atoms with Crippen LogP contribution in [0.1, 0.15) is 62.7 Å². The number of nitrogens with one attached hydrogen (secondary N) is 1. The number of hydrogen-bond donors (Lipinski definition) is 1. The van der Waals surface area contributed by atoms with Crippen molar-refractivity contribution in [3.8, 4) is 0 Å². The van der Waals surface area contributed by atoms with Crippen LogP contribution < -0.4 is 5.32 Å². The van der Waals surface area contributed by atoms with Gasteiger partial charge in [-0.2, -0.15) is 0 Å². The molecular formula is C18H25NO3. The summed E-state index contributed by atoms with van der Waals surface area (Å²) >= 11 is 0. The maximum atomic E-state index is 12.1. The molecule has 1 fully saturated rings. The summed E-state index contributed by atoms with van der Waals surface area (Å²) in [6, 6.07) is 6.90. The van der Waals surface area contributed by atoms with Crippen LogP contribution in [0, 0.1) is 5.92 Å². The van der Waals surface area contributed by atoms with Crippen LogP contribution in [-0.2, 0) is 9.53 Å². The number of esters is 1. The van der Waals surface area contributed by atoms with Crippen LogP contribution in [0.4, 0.5) is 5.69 Å². The van der Waals surface area contributed by atoms with E-state index in [2.05, 4.69) is 5.32 Å². The van der Waals surface area contributed by atoms with Crippen molar-refractivity contribution in [1.29, 1.82) is 0 Å². The van der Waals surface area contributed by atoms with Crippen LogP contribution in [0.3, 0.4) is 0 Å². The summed E-state index contributed by atoms with van der Waals surface area (Å²) in [6.45, 7) is 4.01. The standard InChI is InChI=1S/C18H25NO3/c1-13(2)12-17(20)19-15-10-8-14(9-11-15)18(21)22-16-6-4-3-5-7-16/h8-11,13,16H,3-7,12H2,1-2H3,(H,19,20). The molecule has 2 rings (SSSR count). The number of rotatable bonds is 5. The molecule has 4 nitrogen and oxygen atoms in total. The molecule has 1 aliphatic carbocycles. The quantitative estimate of drug-likeness (QED) is 0.831. The SMILES string of the molecule is CC(C)CC(=O)Nc1ccc(C(=O)OC2CCCCC2)cc1. The molecule has 0 heterocycles. The highest BCUT2D eigenvalue weighted by Gasteiger charge is 2.18. The Labute approximate surface area is 132 Å². The van der Waals surface area contributed by atoms with E-state index in [1.54, 1.807) is 24.3 Å². The predicted octanol–water partition coefficient (Wildman–Crippen LogP) is 4.16. The average molecular weight is 303 g/mol. The normalized spacial score (nSPS) is 15.6. The smallest absolute Gasteiger partial charge is 0.338 e. The lowest BCUT2D eigenvalue weighted by molar-refractivity contribution is -0.116. The van der Waals surface area contributed by atoms with Gasteiger partial charge in [0.2, 0.25) is 5.91 Å². The summed E-state index contributed by atoms with van der Waals surface area (Å²) in [5.74, 6) is 0.0456. The van der Waals surface area contributed by atoms with Gasteiger partial charge in [-0.05, 0) is 55.9 Å². The van der Waals surface area contributed by atoms with Gasteiger partial charge in [-0.1, -0.05) is 20.3 Å². The van der Waals surface area contributed by atoms with E-state index in [0.29, 0.717) is 23.6 Å². The predicted molar refractivity (Wildman–Crippen MR) is 86.8 cm³/mol. The second kappa shape index (κ2) is 7.97. The van der Waals surface area contributed by atoms with Crippen molar-refractivity contribution in [1.82, 2.24) is 0 Å². The lowest BCUT2D eigenvalue weighted by Crippen LogP contribution is -2.21. The third kappa shape index (κ3) is 5.17. The molecule has 0 spiro atoms. The van der Waals surface area contributed by atoms with E-state index in [9.17, 15) is 9.59 Å². The van der Waals surface area contributed by atoms with Gasteiger partial charge in [0.15, 0.2) is 0 Å². The molecule has 120 valence electrons. The van der Waals surface area contributed by atoms with Gasteiger partial charge in [0, 0.05) is 12.1 Å². The van der Waals surface area contributed by atoms with Crippen molar-refractivity contribution in [3.63, 3.8) is 0 Å². The number of amides is 1. The van der Waals surface area contributed by atoms with Gasteiger partial charge >= 0.3 is 5.97 Å². The molecule has 1 saturated carbocycles. The van der Waals surface area contributed by atoms with E-state index in [-0.39, 0.29) is 18.0 Å². The van der Waals surface area contributed by atoms with E-state index < -0.39 is 0 Å². The highest BCUT2D eigenvalue weighted by Crippen LogP contribution is 2.21. The fraction of sp³-hybridized carbons (Fsp3) is 0.556. The van der Waals surface area contributed by atoms with Crippen LogP contribution >= 0.6 is 0 Å². The van der Waals surface area contributed by atoms with Crippen molar-refractivity contribution in [3.05, 3.63) is 29.8 Å². The number of hydrogen-bond acceptors (Lipinski definition) is 3. The Morgan fingerprint density at radius 2 is 1.77 bits per heavy atom. The lowest BCUT2D eigenvalue weighted by atomic mass is 9.98. The molecule has 1 aliphatic rings. The fourth-order valence-corrected chi connectivity index (χ4v) is 2.67. The number of carbonyl (C=O) groups is 2. The van der Waals surface area contributed by atoms with Crippen LogP contribution in [0.25, 0.3) is 0 Å². The first-order valence-corrected chi connectivity index (χ1v) is 8.15. The molecule has 22 heavy (non-hydrogen) atoms. The van der Waals surface area contributed by atoms with Gasteiger partial charge in [0.05, 0.1) is 5.56 Å². The van der Waals surface area contributed by atoms with Gasteiger partial charge in [-0.25, -0.2) is 4.79 Å². The number of anilines is 1. The minimum absolute atomic E-state index is 0.00691. The Morgan fingerprint density at radius 3 is 2.36 bits per heavy atom. The van der Waals surface area contributed by atoms with E-state index >= 15 is 0 Å².